The summed E-state index contributed by atoms with van der Waals surface area (Å²) in [7, 11) is 3.07. The molecule has 2 heterocycles. The number of aryl methyl sites for hydroxylation is 1. The summed E-state index contributed by atoms with van der Waals surface area (Å²) in [5, 5.41) is 0. The molecule has 0 saturated heterocycles. The molecular formula is C13H19Cl2N5O2. The van der Waals surface area contributed by atoms with Gasteiger partial charge < -0.3 is 4.57 Å². The highest BCUT2D eigenvalue weighted by molar-refractivity contribution is 6.18. The molecule has 9 heteroatoms. The van der Waals surface area contributed by atoms with Crippen LogP contribution >= 0.6 is 23.2 Å². The maximum Gasteiger partial charge on any atom is 0.332 e. The lowest BCUT2D eigenvalue weighted by molar-refractivity contribution is 0.295. The largest absolute Gasteiger partial charge is 0.332 e. The number of imidazole rings is 1. The van der Waals surface area contributed by atoms with Gasteiger partial charge in [0.15, 0.2) is 11.2 Å². The van der Waals surface area contributed by atoms with Gasteiger partial charge >= 0.3 is 5.69 Å². The van der Waals surface area contributed by atoms with Crippen LogP contribution in [0.5, 0.6) is 0 Å². The summed E-state index contributed by atoms with van der Waals surface area (Å²) in [4.78, 5) is 30.5. The first-order chi connectivity index (χ1) is 10.5. The fourth-order valence-electron chi connectivity index (χ4n) is 2.39. The maximum absolute atomic E-state index is 12.3. The molecule has 0 aliphatic carbocycles. The molecule has 0 aromatic carbocycles. The molecule has 0 bridgehead atoms. The van der Waals surface area contributed by atoms with Gasteiger partial charge in [0, 0.05) is 52.0 Å². The molecule has 0 N–H and O–H groups in total. The monoisotopic (exact) mass is 347 g/mol. The zero-order valence-electron chi connectivity index (χ0n) is 12.6. The van der Waals surface area contributed by atoms with E-state index in [0.29, 0.717) is 36.0 Å². The predicted octanol–water partition coefficient (Wildman–Crippen LogP) is 0.213. The van der Waals surface area contributed by atoms with E-state index in [0.717, 1.165) is 17.7 Å². The molecule has 0 radical (unpaired) electrons. The minimum Gasteiger partial charge on any atom is -0.323 e. The second-order valence-electron chi connectivity index (χ2n) is 5.04. The molecule has 22 heavy (non-hydrogen) atoms. The van der Waals surface area contributed by atoms with Crippen molar-refractivity contribution in [1.82, 2.24) is 23.6 Å². The molecule has 2 aromatic heterocycles. The van der Waals surface area contributed by atoms with Crippen molar-refractivity contribution in [3.8, 4) is 0 Å². The highest BCUT2D eigenvalue weighted by Gasteiger charge is 2.14. The third kappa shape index (κ3) is 3.21. The zero-order valence-corrected chi connectivity index (χ0v) is 14.1. The van der Waals surface area contributed by atoms with Crippen molar-refractivity contribution in [1.29, 1.82) is 0 Å². The van der Waals surface area contributed by atoms with Gasteiger partial charge in [-0.25, -0.2) is 9.78 Å². The van der Waals surface area contributed by atoms with Crippen LogP contribution in [0.3, 0.4) is 0 Å². The minimum atomic E-state index is -0.381. The Labute approximate surface area is 137 Å². The van der Waals surface area contributed by atoms with Gasteiger partial charge in [-0.2, -0.15) is 0 Å². The van der Waals surface area contributed by atoms with Crippen molar-refractivity contribution < 1.29 is 0 Å². The molecule has 0 unspecified atom stereocenters. The normalized spacial score (nSPS) is 11.7. The van der Waals surface area contributed by atoms with Crippen molar-refractivity contribution in [2.75, 3.05) is 31.4 Å². The SMILES string of the molecule is Cn1c(=O)c2c(ncn2CCN(CCCl)CCCl)n(C)c1=O. The summed E-state index contributed by atoms with van der Waals surface area (Å²) < 4.78 is 4.24. The second kappa shape index (κ2) is 7.30. The average Bonchev–Trinajstić information content (AvgIpc) is 2.93. The molecule has 0 aliphatic heterocycles. The molecule has 0 atom stereocenters. The molecule has 0 fully saturated rings. The maximum atomic E-state index is 12.3. The van der Waals surface area contributed by atoms with Crippen LogP contribution in [0.15, 0.2) is 15.9 Å². The fraction of sp³-hybridized carbons (Fsp3) is 0.615. The Bertz CT molecular complexity index is 758. The number of hydrogen-bond donors (Lipinski definition) is 0. The number of aromatic nitrogens is 4. The molecule has 7 nitrogen and oxygen atoms in total. The first-order valence-electron chi connectivity index (χ1n) is 6.96. The lowest BCUT2D eigenvalue weighted by Gasteiger charge is -2.20. The van der Waals surface area contributed by atoms with Gasteiger partial charge in [0.05, 0.1) is 6.33 Å². The van der Waals surface area contributed by atoms with Crippen LogP contribution < -0.4 is 11.2 Å². The van der Waals surface area contributed by atoms with Crippen LogP contribution in [0.4, 0.5) is 0 Å². The quantitative estimate of drug-likeness (QED) is 0.672. The van der Waals surface area contributed by atoms with E-state index in [-0.39, 0.29) is 11.2 Å². The summed E-state index contributed by atoms with van der Waals surface area (Å²) in [5.41, 5.74) is 0.112. The van der Waals surface area contributed by atoms with Crippen molar-refractivity contribution >= 4 is 34.4 Å². The first-order valence-corrected chi connectivity index (χ1v) is 8.03. The Morgan fingerprint density at radius 2 is 1.73 bits per heavy atom. The van der Waals surface area contributed by atoms with E-state index in [1.54, 1.807) is 17.9 Å². The van der Waals surface area contributed by atoms with E-state index in [2.05, 4.69) is 9.88 Å². The van der Waals surface area contributed by atoms with Gasteiger partial charge in [0.2, 0.25) is 0 Å². The number of nitrogens with zero attached hydrogens (tertiary/aromatic N) is 5. The van der Waals surface area contributed by atoms with Crippen LogP contribution in [0.25, 0.3) is 11.2 Å². The lowest BCUT2D eigenvalue weighted by atomic mass is 10.4. The zero-order chi connectivity index (χ0) is 16.3. The van der Waals surface area contributed by atoms with E-state index in [1.807, 2.05) is 0 Å². The van der Waals surface area contributed by atoms with Crippen molar-refractivity contribution in [3.05, 3.63) is 27.2 Å². The molecule has 2 aromatic rings. The molecule has 0 spiro atoms. The van der Waals surface area contributed by atoms with Crippen LogP contribution in [0.2, 0.25) is 0 Å². The Balaban J connectivity index is 2.33. The van der Waals surface area contributed by atoms with E-state index in [1.165, 1.54) is 11.6 Å². The highest BCUT2D eigenvalue weighted by Crippen LogP contribution is 2.06. The van der Waals surface area contributed by atoms with Crippen LogP contribution in [-0.4, -0.2) is 55.0 Å². The van der Waals surface area contributed by atoms with Gasteiger partial charge in [0.25, 0.3) is 5.56 Å². The highest BCUT2D eigenvalue weighted by atomic mass is 35.5. The summed E-state index contributed by atoms with van der Waals surface area (Å²) >= 11 is 11.6. The van der Waals surface area contributed by atoms with Gasteiger partial charge in [-0.05, 0) is 0 Å². The summed E-state index contributed by atoms with van der Waals surface area (Å²) in [6.07, 6.45) is 1.59. The van der Waals surface area contributed by atoms with E-state index in [4.69, 9.17) is 23.2 Å². The molecule has 0 amide bonds. The van der Waals surface area contributed by atoms with Gasteiger partial charge in [-0.3, -0.25) is 18.8 Å². The van der Waals surface area contributed by atoms with Crippen molar-refractivity contribution in [2.45, 2.75) is 6.54 Å². The Hall–Kier alpha value is -1.31. The summed E-state index contributed by atoms with van der Waals surface area (Å²) in [6, 6.07) is 0. The molecular weight excluding hydrogens is 329 g/mol. The number of halogens is 2. The van der Waals surface area contributed by atoms with Gasteiger partial charge in [-0.15, -0.1) is 23.2 Å². The lowest BCUT2D eigenvalue weighted by Crippen LogP contribution is -2.38. The molecule has 122 valence electrons. The molecule has 0 aliphatic rings. The molecule has 2 rings (SSSR count). The molecule has 0 saturated carbocycles. The van der Waals surface area contributed by atoms with Crippen molar-refractivity contribution in [2.24, 2.45) is 14.1 Å². The predicted molar refractivity (Wildman–Crippen MR) is 88.1 cm³/mol. The summed E-state index contributed by atoms with van der Waals surface area (Å²) in [5.74, 6) is 1.05. The van der Waals surface area contributed by atoms with Crippen LogP contribution in [0.1, 0.15) is 0 Å². The fourth-order valence-corrected chi connectivity index (χ4v) is 2.87. The first kappa shape index (κ1) is 17.1. The third-order valence-corrected chi connectivity index (χ3v) is 4.01. The number of hydrogen-bond acceptors (Lipinski definition) is 4. The van der Waals surface area contributed by atoms with Gasteiger partial charge in [-0.1, -0.05) is 0 Å². The number of rotatable bonds is 7. The van der Waals surface area contributed by atoms with Crippen LogP contribution in [-0.2, 0) is 20.6 Å². The van der Waals surface area contributed by atoms with E-state index >= 15 is 0 Å². The van der Waals surface area contributed by atoms with E-state index in [9.17, 15) is 9.59 Å². The third-order valence-electron chi connectivity index (χ3n) is 3.68. The standard InChI is InChI=1S/C13H19Cl2N5O2/c1-17-11-10(12(21)18(2)13(17)22)20(9-16-11)8-7-19(5-3-14)6-4-15/h9H,3-8H2,1-2H3. The van der Waals surface area contributed by atoms with Gasteiger partial charge in [0.1, 0.15) is 0 Å². The second-order valence-corrected chi connectivity index (χ2v) is 5.79. The van der Waals surface area contributed by atoms with Crippen LogP contribution in [0, 0.1) is 0 Å². The Morgan fingerprint density at radius 1 is 1.09 bits per heavy atom. The number of alkyl halides is 2. The van der Waals surface area contributed by atoms with E-state index < -0.39 is 0 Å². The van der Waals surface area contributed by atoms with Crippen molar-refractivity contribution in [3.63, 3.8) is 0 Å². The summed E-state index contributed by atoms with van der Waals surface area (Å²) in [6.45, 7) is 2.75. The average molecular weight is 348 g/mol. The smallest absolute Gasteiger partial charge is 0.323 e. The topological polar surface area (TPSA) is 65.1 Å². The Morgan fingerprint density at radius 3 is 2.32 bits per heavy atom. The number of fused-ring (bicyclic) bond motifs is 1. The minimum absolute atomic E-state index is 0.336. The Kier molecular flexibility index (Phi) is 5.66.